The summed E-state index contributed by atoms with van der Waals surface area (Å²) in [6.45, 7) is 2.05. The normalized spacial score (nSPS) is 16.0. The van der Waals surface area contributed by atoms with Crippen LogP contribution in [0.2, 0.25) is 0 Å². The molecule has 126 valence electrons. The number of nitrogens with two attached hydrogens (primary N) is 1. The van der Waals surface area contributed by atoms with Gasteiger partial charge in [0.15, 0.2) is 0 Å². The number of nitrogens with one attached hydrogen (secondary N) is 2. The predicted molar refractivity (Wildman–Crippen MR) is 99.5 cm³/mol. The van der Waals surface area contributed by atoms with Crippen molar-refractivity contribution in [2.24, 2.45) is 0 Å². The SMILES string of the molecule is Nc1cncn2c(C3CCNCC3)nc(-c3cc4ccccc4[nH]3)c12. The number of piperidine rings is 1. The highest BCUT2D eigenvalue weighted by Crippen LogP contribution is 2.34. The molecule has 0 spiro atoms. The molecule has 4 N–H and O–H groups in total. The Morgan fingerprint density at radius 2 is 2.00 bits per heavy atom. The summed E-state index contributed by atoms with van der Waals surface area (Å²) in [6, 6.07) is 10.4. The summed E-state index contributed by atoms with van der Waals surface area (Å²) < 4.78 is 2.08. The van der Waals surface area contributed by atoms with Crippen LogP contribution in [0.4, 0.5) is 5.69 Å². The van der Waals surface area contributed by atoms with Crippen molar-refractivity contribution in [3.8, 4) is 11.4 Å². The third kappa shape index (κ3) is 2.29. The fourth-order valence-electron chi connectivity index (χ4n) is 3.84. The number of hydrogen-bond acceptors (Lipinski definition) is 4. The summed E-state index contributed by atoms with van der Waals surface area (Å²) in [7, 11) is 0. The first-order valence-electron chi connectivity index (χ1n) is 8.71. The average molecular weight is 332 g/mol. The number of nitrogens with zero attached hydrogens (tertiary/aromatic N) is 3. The van der Waals surface area contributed by atoms with Crippen molar-refractivity contribution >= 4 is 22.1 Å². The summed E-state index contributed by atoms with van der Waals surface area (Å²) in [5, 5.41) is 4.59. The van der Waals surface area contributed by atoms with Crippen molar-refractivity contribution in [2.45, 2.75) is 18.8 Å². The number of aromatic amines is 1. The molecule has 0 radical (unpaired) electrons. The molecule has 4 aromatic rings. The minimum atomic E-state index is 0.426. The molecule has 0 unspecified atom stereocenters. The van der Waals surface area contributed by atoms with Crippen LogP contribution in [0.5, 0.6) is 0 Å². The number of imidazole rings is 1. The Bertz CT molecular complexity index is 1020. The maximum absolute atomic E-state index is 6.28. The second-order valence-electron chi connectivity index (χ2n) is 6.68. The Morgan fingerprint density at radius 3 is 2.84 bits per heavy atom. The highest BCUT2D eigenvalue weighted by Gasteiger charge is 2.24. The molecular weight excluding hydrogens is 312 g/mol. The number of anilines is 1. The second kappa shape index (κ2) is 5.60. The van der Waals surface area contributed by atoms with Gasteiger partial charge in [-0.3, -0.25) is 4.40 Å². The minimum absolute atomic E-state index is 0.426. The third-order valence-electron chi connectivity index (χ3n) is 5.10. The van der Waals surface area contributed by atoms with Gasteiger partial charge in [-0.25, -0.2) is 9.97 Å². The van der Waals surface area contributed by atoms with Crippen molar-refractivity contribution < 1.29 is 0 Å². The summed E-state index contributed by atoms with van der Waals surface area (Å²) >= 11 is 0. The molecule has 4 heterocycles. The first-order valence-corrected chi connectivity index (χ1v) is 8.71. The summed E-state index contributed by atoms with van der Waals surface area (Å²) in [5.74, 6) is 1.49. The number of H-pyrrole nitrogens is 1. The zero-order valence-corrected chi connectivity index (χ0v) is 13.9. The first kappa shape index (κ1) is 14.5. The van der Waals surface area contributed by atoms with Gasteiger partial charge in [0.2, 0.25) is 0 Å². The average Bonchev–Trinajstić information content (AvgIpc) is 3.24. The van der Waals surface area contributed by atoms with E-state index < -0.39 is 0 Å². The molecule has 0 amide bonds. The van der Waals surface area contributed by atoms with Gasteiger partial charge in [-0.2, -0.15) is 0 Å². The van der Waals surface area contributed by atoms with E-state index in [-0.39, 0.29) is 0 Å². The Morgan fingerprint density at radius 1 is 1.16 bits per heavy atom. The van der Waals surface area contributed by atoms with Crippen LogP contribution in [0.15, 0.2) is 42.9 Å². The van der Waals surface area contributed by atoms with Gasteiger partial charge < -0.3 is 16.0 Å². The highest BCUT2D eigenvalue weighted by atomic mass is 15.1. The molecule has 1 aliphatic heterocycles. The van der Waals surface area contributed by atoms with Crippen LogP contribution in [0.1, 0.15) is 24.6 Å². The topological polar surface area (TPSA) is 84.0 Å². The maximum Gasteiger partial charge on any atom is 0.118 e. The van der Waals surface area contributed by atoms with Gasteiger partial charge >= 0.3 is 0 Å². The Balaban J connectivity index is 1.74. The van der Waals surface area contributed by atoms with Gasteiger partial charge in [0.1, 0.15) is 23.4 Å². The van der Waals surface area contributed by atoms with Crippen LogP contribution < -0.4 is 11.1 Å². The minimum Gasteiger partial charge on any atom is -0.396 e. The van der Waals surface area contributed by atoms with Crippen molar-refractivity contribution in [1.29, 1.82) is 0 Å². The lowest BCUT2D eigenvalue weighted by Gasteiger charge is -2.21. The van der Waals surface area contributed by atoms with Gasteiger partial charge in [-0.1, -0.05) is 18.2 Å². The van der Waals surface area contributed by atoms with E-state index in [0.29, 0.717) is 11.6 Å². The lowest BCUT2D eigenvalue weighted by Crippen LogP contribution is -2.27. The molecule has 3 aromatic heterocycles. The van der Waals surface area contributed by atoms with E-state index in [0.717, 1.165) is 54.2 Å². The molecule has 5 rings (SSSR count). The lowest BCUT2D eigenvalue weighted by molar-refractivity contribution is 0.444. The van der Waals surface area contributed by atoms with Crippen LogP contribution >= 0.6 is 0 Å². The van der Waals surface area contributed by atoms with E-state index in [1.165, 1.54) is 5.39 Å². The Hall–Kier alpha value is -2.86. The van der Waals surface area contributed by atoms with E-state index in [1.807, 2.05) is 18.5 Å². The quantitative estimate of drug-likeness (QED) is 0.527. The monoisotopic (exact) mass is 332 g/mol. The molecule has 1 aromatic carbocycles. The summed E-state index contributed by atoms with van der Waals surface area (Å²) in [5.41, 5.74) is 10.9. The molecule has 0 aliphatic carbocycles. The largest absolute Gasteiger partial charge is 0.396 e. The highest BCUT2D eigenvalue weighted by molar-refractivity contribution is 5.91. The third-order valence-corrected chi connectivity index (χ3v) is 5.10. The molecule has 0 saturated carbocycles. The Labute approximate surface area is 145 Å². The van der Waals surface area contributed by atoms with Gasteiger partial charge in [-0.05, 0) is 38.1 Å². The van der Waals surface area contributed by atoms with Gasteiger partial charge in [0.25, 0.3) is 0 Å². The molecule has 1 aliphatic rings. The number of fused-ring (bicyclic) bond motifs is 2. The van der Waals surface area contributed by atoms with Gasteiger partial charge in [0.05, 0.1) is 17.6 Å². The summed E-state index contributed by atoms with van der Waals surface area (Å²) in [6.07, 6.45) is 5.71. The maximum atomic E-state index is 6.28. The predicted octanol–water partition coefficient (Wildman–Crippen LogP) is 2.93. The number of para-hydroxylation sites is 1. The Kier molecular flexibility index (Phi) is 3.24. The summed E-state index contributed by atoms with van der Waals surface area (Å²) in [4.78, 5) is 12.8. The molecule has 1 saturated heterocycles. The van der Waals surface area contributed by atoms with E-state index in [1.54, 1.807) is 6.20 Å². The van der Waals surface area contributed by atoms with Crippen molar-refractivity contribution in [1.82, 2.24) is 24.7 Å². The molecule has 1 fully saturated rings. The molecule has 0 bridgehead atoms. The zero-order chi connectivity index (χ0) is 16.8. The number of rotatable bonds is 2. The fraction of sp³-hybridized carbons (Fsp3) is 0.263. The van der Waals surface area contributed by atoms with Gasteiger partial charge in [-0.15, -0.1) is 0 Å². The van der Waals surface area contributed by atoms with Crippen LogP contribution in [0, 0.1) is 0 Å². The molecular formula is C19H20N6. The first-order chi connectivity index (χ1) is 12.3. The van der Waals surface area contributed by atoms with Crippen LogP contribution in [-0.2, 0) is 0 Å². The molecule has 25 heavy (non-hydrogen) atoms. The fourth-order valence-corrected chi connectivity index (χ4v) is 3.84. The second-order valence-corrected chi connectivity index (χ2v) is 6.68. The molecule has 6 nitrogen and oxygen atoms in total. The lowest BCUT2D eigenvalue weighted by atomic mass is 9.97. The van der Waals surface area contributed by atoms with E-state index in [4.69, 9.17) is 10.7 Å². The van der Waals surface area contributed by atoms with Crippen LogP contribution in [-0.4, -0.2) is 32.4 Å². The van der Waals surface area contributed by atoms with Gasteiger partial charge in [0, 0.05) is 16.8 Å². The van der Waals surface area contributed by atoms with Crippen LogP contribution in [0.25, 0.3) is 27.8 Å². The van der Waals surface area contributed by atoms with E-state index in [2.05, 4.69) is 37.9 Å². The number of hydrogen-bond donors (Lipinski definition) is 3. The van der Waals surface area contributed by atoms with Crippen molar-refractivity contribution in [3.63, 3.8) is 0 Å². The van der Waals surface area contributed by atoms with Crippen molar-refractivity contribution in [3.05, 3.63) is 48.7 Å². The van der Waals surface area contributed by atoms with E-state index >= 15 is 0 Å². The number of nitrogen functional groups attached to an aromatic ring is 1. The zero-order valence-electron chi connectivity index (χ0n) is 13.9. The molecule has 0 atom stereocenters. The smallest absolute Gasteiger partial charge is 0.118 e. The number of benzene rings is 1. The van der Waals surface area contributed by atoms with E-state index in [9.17, 15) is 0 Å². The molecule has 6 heteroatoms. The standard InChI is InChI=1S/C19H20N6/c20-14-10-22-11-25-18(14)17(24-19(25)12-5-7-21-8-6-12)16-9-13-3-1-2-4-15(13)23-16/h1-4,9-12,21,23H,5-8,20H2. The number of aromatic nitrogens is 4. The van der Waals surface area contributed by atoms with Crippen LogP contribution in [0.3, 0.4) is 0 Å². The van der Waals surface area contributed by atoms with Crippen molar-refractivity contribution in [2.75, 3.05) is 18.8 Å².